The van der Waals surface area contributed by atoms with Crippen LogP contribution in [-0.2, 0) is 21.2 Å². The van der Waals surface area contributed by atoms with E-state index in [0.717, 1.165) is 5.56 Å². The van der Waals surface area contributed by atoms with E-state index in [2.05, 4.69) is 5.32 Å². The minimum Gasteiger partial charge on any atom is -0.352 e. The Kier molecular flexibility index (Phi) is 4.57. The molecule has 0 unspecified atom stereocenters. The lowest BCUT2D eigenvalue weighted by Crippen LogP contribution is -2.23. The van der Waals surface area contributed by atoms with Gasteiger partial charge in [0.2, 0.25) is 15.9 Å². The summed E-state index contributed by atoms with van der Waals surface area (Å²) in [5.74, 6) is -0.117. The molecule has 0 atom stereocenters. The van der Waals surface area contributed by atoms with Crippen LogP contribution in [-0.4, -0.2) is 38.3 Å². The van der Waals surface area contributed by atoms with Crippen molar-refractivity contribution in [3.63, 3.8) is 0 Å². The molecule has 5 nitrogen and oxygen atoms in total. The molecular weight excluding hydrogens is 276 g/mol. The predicted molar refractivity (Wildman–Crippen MR) is 76.7 cm³/mol. The minimum absolute atomic E-state index is 0.117. The SMILES string of the molecule is C/C=C/C(=O)NCCc1ccc(S(=O)(=O)N2CC2)cc1. The van der Waals surface area contributed by atoms with Crippen LogP contribution in [0.25, 0.3) is 0 Å². The molecule has 1 aliphatic heterocycles. The smallest absolute Gasteiger partial charge is 0.243 e. The maximum atomic E-state index is 11.9. The summed E-state index contributed by atoms with van der Waals surface area (Å²) >= 11 is 0. The fraction of sp³-hybridized carbons (Fsp3) is 0.357. The molecule has 0 saturated carbocycles. The Bertz CT molecular complexity index is 602. The van der Waals surface area contributed by atoms with E-state index in [4.69, 9.17) is 0 Å². The third-order valence-electron chi connectivity index (χ3n) is 3.00. The van der Waals surface area contributed by atoms with Crippen LogP contribution < -0.4 is 5.32 Å². The van der Waals surface area contributed by atoms with Gasteiger partial charge in [0.1, 0.15) is 0 Å². The van der Waals surface area contributed by atoms with Crippen molar-refractivity contribution in [2.45, 2.75) is 18.2 Å². The molecule has 1 heterocycles. The molecule has 1 amide bonds. The minimum atomic E-state index is -3.27. The van der Waals surface area contributed by atoms with E-state index < -0.39 is 10.0 Å². The summed E-state index contributed by atoms with van der Waals surface area (Å²) < 4.78 is 25.3. The molecule has 1 aliphatic rings. The molecule has 0 aromatic heterocycles. The van der Waals surface area contributed by atoms with Gasteiger partial charge in [0.05, 0.1) is 4.90 Å². The van der Waals surface area contributed by atoms with Crippen molar-refractivity contribution in [2.24, 2.45) is 0 Å². The summed E-state index contributed by atoms with van der Waals surface area (Å²) in [5.41, 5.74) is 0.996. The van der Waals surface area contributed by atoms with Crippen LogP contribution in [0, 0.1) is 0 Å². The molecular formula is C14H18N2O3S. The second-order valence-electron chi connectivity index (χ2n) is 4.59. The number of carbonyl (C=O) groups excluding carboxylic acids is 1. The number of rotatable bonds is 6. The summed E-state index contributed by atoms with van der Waals surface area (Å²) in [6.45, 7) is 3.54. The Morgan fingerprint density at radius 2 is 1.95 bits per heavy atom. The number of sulfonamides is 1. The fourth-order valence-corrected chi connectivity index (χ4v) is 3.14. The number of amides is 1. The van der Waals surface area contributed by atoms with Gasteiger partial charge in [-0.1, -0.05) is 18.2 Å². The number of hydrogen-bond acceptors (Lipinski definition) is 3. The Hall–Kier alpha value is -1.66. The highest BCUT2D eigenvalue weighted by molar-refractivity contribution is 7.89. The van der Waals surface area contributed by atoms with Crippen molar-refractivity contribution in [1.82, 2.24) is 9.62 Å². The molecule has 0 radical (unpaired) electrons. The summed E-state index contributed by atoms with van der Waals surface area (Å²) in [5, 5.41) is 2.75. The maximum absolute atomic E-state index is 11.9. The largest absolute Gasteiger partial charge is 0.352 e. The van der Waals surface area contributed by atoms with Gasteiger partial charge in [-0.2, -0.15) is 4.31 Å². The first-order valence-corrected chi connectivity index (χ1v) is 7.97. The number of nitrogens with zero attached hydrogens (tertiary/aromatic N) is 1. The average Bonchev–Trinajstić information content (AvgIpc) is 3.24. The molecule has 20 heavy (non-hydrogen) atoms. The lowest BCUT2D eigenvalue weighted by molar-refractivity contribution is -0.116. The first-order valence-electron chi connectivity index (χ1n) is 6.53. The number of benzene rings is 1. The molecule has 1 fully saturated rings. The molecule has 1 saturated heterocycles. The molecule has 0 aliphatic carbocycles. The fourth-order valence-electron chi connectivity index (χ4n) is 1.80. The van der Waals surface area contributed by atoms with E-state index >= 15 is 0 Å². The van der Waals surface area contributed by atoms with Gasteiger partial charge in [0.15, 0.2) is 0 Å². The Morgan fingerprint density at radius 3 is 2.50 bits per heavy atom. The van der Waals surface area contributed by atoms with E-state index in [1.807, 2.05) is 0 Å². The normalized spacial score (nSPS) is 15.4. The van der Waals surface area contributed by atoms with Gasteiger partial charge in [0.25, 0.3) is 0 Å². The second-order valence-corrected chi connectivity index (χ2v) is 6.53. The van der Waals surface area contributed by atoms with Gasteiger partial charge in [-0.25, -0.2) is 8.42 Å². The lowest BCUT2D eigenvalue weighted by Gasteiger charge is -2.06. The van der Waals surface area contributed by atoms with Gasteiger partial charge in [-0.3, -0.25) is 4.79 Å². The standard InChI is InChI=1S/C14H18N2O3S/c1-2-3-14(17)15-9-8-12-4-6-13(7-5-12)20(18,19)16-10-11-16/h2-7H,8-11H2,1H3,(H,15,17)/b3-2+. The summed E-state index contributed by atoms with van der Waals surface area (Å²) in [6, 6.07) is 6.82. The monoisotopic (exact) mass is 294 g/mol. The van der Waals surface area contributed by atoms with Crippen LogP contribution in [0.4, 0.5) is 0 Å². The maximum Gasteiger partial charge on any atom is 0.243 e. The molecule has 0 bridgehead atoms. The molecule has 6 heteroatoms. The first kappa shape index (κ1) is 14.7. The summed E-state index contributed by atoms with van der Waals surface area (Å²) in [6.07, 6.45) is 3.83. The zero-order valence-corrected chi connectivity index (χ0v) is 12.2. The second kappa shape index (κ2) is 6.19. The van der Waals surface area contributed by atoms with Crippen LogP contribution >= 0.6 is 0 Å². The van der Waals surface area contributed by atoms with Crippen molar-refractivity contribution in [1.29, 1.82) is 0 Å². The van der Waals surface area contributed by atoms with Crippen molar-refractivity contribution >= 4 is 15.9 Å². The molecule has 1 N–H and O–H groups in total. The van der Waals surface area contributed by atoms with Crippen LogP contribution in [0.5, 0.6) is 0 Å². The van der Waals surface area contributed by atoms with Gasteiger partial charge in [-0.05, 0) is 37.1 Å². The highest BCUT2D eigenvalue weighted by Gasteiger charge is 2.32. The van der Waals surface area contributed by atoms with Crippen LogP contribution in [0.15, 0.2) is 41.3 Å². The number of allylic oxidation sites excluding steroid dienone is 1. The summed E-state index contributed by atoms with van der Waals surface area (Å²) in [7, 11) is -3.27. The van der Waals surface area contributed by atoms with Crippen molar-refractivity contribution in [3.8, 4) is 0 Å². The molecule has 0 spiro atoms. The van der Waals surface area contributed by atoms with Crippen molar-refractivity contribution < 1.29 is 13.2 Å². The van der Waals surface area contributed by atoms with Gasteiger partial charge in [-0.15, -0.1) is 0 Å². The summed E-state index contributed by atoms with van der Waals surface area (Å²) in [4.78, 5) is 11.5. The molecule has 1 aromatic carbocycles. The molecule has 2 rings (SSSR count). The number of carbonyl (C=O) groups is 1. The van der Waals surface area contributed by atoms with Crippen LogP contribution in [0.2, 0.25) is 0 Å². The van der Waals surface area contributed by atoms with E-state index in [1.165, 1.54) is 10.4 Å². The third-order valence-corrected chi connectivity index (χ3v) is 4.91. The van der Waals surface area contributed by atoms with Crippen molar-refractivity contribution in [2.75, 3.05) is 19.6 Å². The quantitative estimate of drug-likeness (QED) is 0.627. The van der Waals surface area contributed by atoms with Crippen LogP contribution in [0.3, 0.4) is 0 Å². The van der Waals surface area contributed by atoms with Crippen LogP contribution in [0.1, 0.15) is 12.5 Å². The van der Waals surface area contributed by atoms with E-state index in [1.54, 1.807) is 37.3 Å². The Balaban J connectivity index is 1.90. The topological polar surface area (TPSA) is 66.2 Å². The first-order chi connectivity index (χ1) is 9.54. The van der Waals surface area contributed by atoms with Gasteiger partial charge >= 0.3 is 0 Å². The average molecular weight is 294 g/mol. The third kappa shape index (κ3) is 3.68. The number of nitrogens with one attached hydrogen (secondary N) is 1. The zero-order valence-electron chi connectivity index (χ0n) is 11.4. The van der Waals surface area contributed by atoms with Gasteiger partial charge < -0.3 is 5.32 Å². The van der Waals surface area contributed by atoms with E-state index in [9.17, 15) is 13.2 Å². The molecule has 108 valence electrons. The zero-order chi connectivity index (χ0) is 14.6. The number of hydrogen-bond donors (Lipinski definition) is 1. The molecule has 1 aromatic rings. The highest BCUT2D eigenvalue weighted by atomic mass is 32.2. The highest BCUT2D eigenvalue weighted by Crippen LogP contribution is 2.21. The van der Waals surface area contributed by atoms with Crippen molar-refractivity contribution in [3.05, 3.63) is 42.0 Å². The van der Waals surface area contributed by atoms with E-state index in [0.29, 0.717) is 31.0 Å². The predicted octanol–water partition coefficient (Wildman–Crippen LogP) is 0.926. The van der Waals surface area contributed by atoms with Gasteiger partial charge in [0, 0.05) is 19.6 Å². The lowest BCUT2D eigenvalue weighted by atomic mass is 10.1. The van der Waals surface area contributed by atoms with E-state index in [-0.39, 0.29) is 5.91 Å². The Morgan fingerprint density at radius 1 is 1.30 bits per heavy atom. The Labute approximate surface area is 119 Å².